The molecule has 2 amide bonds. The summed E-state index contributed by atoms with van der Waals surface area (Å²) >= 11 is 0. The van der Waals surface area contributed by atoms with Crippen molar-refractivity contribution in [2.24, 2.45) is 0 Å². The number of benzene rings is 2. The second-order valence-electron chi connectivity index (χ2n) is 7.50. The predicted molar refractivity (Wildman–Crippen MR) is 109 cm³/mol. The summed E-state index contributed by atoms with van der Waals surface area (Å²) in [5, 5.41) is 3.11. The molecule has 138 valence electrons. The van der Waals surface area contributed by atoms with Crippen LogP contribution >= 0.6 is 0 Å². The number of para-hydroxylation sites is 1. The van der Waals surface area contributed by atoms with Crippen molar-refractivity contribution in [1.29, 1.82) is 0 Å². The Morgan fingerprint density at radius 1 is 1.12 bits per heavy atom. The molecule has 0 aromatic heterocycles. The summed E-state index contributed by atoms with van der Waals surface area (Å²) in [6.07, 6.45) is 0. The van der Waals surface area contributed by atoms with E-state index < -0.39 is 0 Å². The molecule has 0 saturated carbocycles. The molecule has 0 radical (unpaired) electrons. The van der Waals surface area contributed by atoms with E-state index in [1.165, 1.54) is 16.8 Å². The van der Waals surface area contributed by atoms with Gasteiger partial charge in [-0.25, -0.2) is 4.79 Å². The van der Waals surface area contributed by atoms with Gasteiger partial charge >= 0.3 is 6.03 Å². The quantitative estimate of drug-likeness (QED) is 0.857. The zero-order valence-electron chi connectivity index (χ0n) is 16.2. The second kappa shape index (κ2) is 7.81. The Bertz CT molecular complexity index is 771. The van der Waals surface area contributed by atoms with E-state index in [1.54, 1.807) is 0 Å². The van der Waals surface area contributed by atoms with Gasteiger partial charge in [-0.1, -0.05) is 44.2 Å². The van der Waals surface area contributed by atoms with Crippen LogP contribution in [0.5, 0.6) is 0 Å². The van der Waals surface area contributed by atoms with Crippen molar-refractivity contribution in [1.82, 2.24) is 4.90 Å². The molecule has 0 spiro atoms. The summed E-state index contributed by atoms with van der Waals surface area (Å²) in [5.74, 6) is 0.378. The highest BCUT2D eigenvalue weighted by molar-refractivity contribution is 5.90. The minimum atomic E-state index is -0.00570. The molecule has 4 heteroatoms. The molecule has 1 aliphatic rings. The molecule has 1 unspecified atom stereocenters. The lowest BCUT2D eigenvalue weighted by Gasteiger charge is -2.41. The fraction of sp³-hybridized carbons (Fsp3) is 0.409. The molecule has 1 atom stereocenters. The molecule has 2 aromatic carbocycles. The first-order chi connectivity index (χ1) is 12.5. The maximum Gasteiger partial charge on any atom is 0.321 e. The van der Waals surface area contributed by atoms with Crippen LogP contribution in [0.25, 0.3) is 0 Å². The molecule has 0 bridgehead atoms. The first-order valence-corrected chi connectivity index (χ1v) is 9.44. The number of nitrogens with zero attached hydrogens (tertiary/aromatic N) is 2. The van der Waals surface area contributed by atoms with Crippen LogP contribution in [0.15, 0.2) is 48.5 Å². The number of amides is 2. The SMILES string of the molecule is Cc1cccc(N2CCN(C(=O)Nc3ccccc3C(C)C)CC2C)c1. The number of aryl methyl sites for hydroxylation is 1. The third-order valence-electron chi connectivity index (χ3n) is 5.07. The summed E-state index contributed by atoms with van der Waals surface area (Å²) in [6.45, 7) is 10.9. The van der Waals surface area contributed by atoms with Crippen molar-refractivity contribution in [3.05, 3.63) is 59.7 Å². The van der Waals surface area contributed by atoms with Gasteiger partial charge in [0, 0.05) is 37.1 Å². The molecular formula is C22H29N3O. The molecule has 1 aliphatic heterocycles. The third kappa shape index (κ3) is 4.01. The molecular weight excluding hydrogens is 322 g/mol. The first kappa shape index (κ1) is 18.3. The summed E-state index contributed by atoms with van der Waals surface area (Å²) in [5.41, 5.74) is 4.59. The monoisotopic (exact) mass is 351 g/mol. The molecule has 1 N–H and O–H groups in total. The van der Waals surface area contributed by atoms with Crippen LogP contribution in [0.2, 0.25) is 0 Å². The van der Waals surface area contributed by atoms with Gasteiger partial charge in [-0.2, -0.15) is 0 Å². The Balaban J connectivity index is 1.66. The molecule has 3 rings (SSSR count). The van der Waals surface area contributed by atoms with Crippen molar-refractivity contribution in [2.45, 2.75) is 39.7 Å². The normalized spacial score (nSPS) is 17.5. The van der Waals surface area contributed by atoms with E-state index in [1.807, 2.05) is 23.1 Å². The van der Waals surface area contributed by atoms with E-state index in [4.69, 9.17) is 0 Å². The van der Waals surface area contributed by atoms with Gasteiger partial charge in [0.25, 0.3) is 0 Å². The molecule has 1 heterocycles. The Morgan fingerprint density at radius 2 is 1.88 bits per heavy atom. The predicted octanol–water partition coefficient (Wildman–Crippen LogP) is 4.86. The number of piperazine rings is 1. The standard InChI is InChI=1S/C22H29N3O/c1-16(2)20-10-5-6-11-21(20)23-22(26)24-12-13-25(18(4)15-24)19-9-7-8-17(3)14-19/h5-11,14,16,18H,12-13,15H2,1-4H3,(H,23,26). The molecule has 4 nitrogen and oxygen atoms in total. The van der Waals surface area contributed by atoms with Crippen LogP contribution in [0.1, 0.15) is 37.8 Å². The minimum Gasteiger partial charge on any atom is -0.365 e. The first-order valence-electron chi connectivity index (χ1n) is 9.44. The average molecular weight is 351 g/mol. The number of hydrogen-bond donors (Lipinski definition) is 1. The van der Waals surface area contributed by atoms with Crippen molar-refractivity contribution < 1.29 is 4.79 Å². The fourth-order valence-electron chi connectivity index (χ4n) is 3.64. The Kier molecular flexibility index (Phi) is 5.50. The van der Waals surface area contributed by atoms with Gasteiger partial charge < -0.3 is 15.1 Å². The van der Waals surface area contributed by atoms with Crippen molar-refractivity contribution in [3.63, 3.8) is 0 Å². The van der Waals surface area contributed by atoms with E-state index in [0.29, 0.717) is 5.92 Å². The average Bonchev–Trinajstić information content (AvgIpc) is 2.61. The molecule has 0 aliphatic carbocycles. The maximum atomic E-state index is 12.8. The van der Waals surface area contributed by atoms with Gasteiger partial charge in [0.2, 0.25) is 0 Å². The van der Waals surface area contributed by atoms with Gasteiger partial charge in [-0.05, 0) is 49.1 Å². The van der Waals surface area contributed by atoms with E-state index >= 15 is 0 Å². The number of anilines is 2. The number of rotatable bonds is 3. The Hall–Kier alpha value is -2.49. The van der Waals surface area contributed by atoms with Gasteiger partial charge in [0.1, 0.15) is 0 Å². The van der Waals surface area contributed by atoms with Crippen LogP contribution in [0, 0.1) is 6.92 Å². The number of hydrogen-bond acceptors (Lipinski definition) is 2. The zero-order valence-corrected chi connectivity index (χ0v) is 16.2. The lowest BCUT2D eigenvalue weighted by molar-refractivity contribution is 0.200. The lowest BCUT2D eigenvalue weighted by Crippen LogP contribution is -2.54. The van der Waals surface area contributed by atoms with Crippen LogP contribution in [-0.2, 0) is 0 Å². The second-order valence-corrected chi connectivity index (χ2v) is 7.50. The van der Waals surface area contributed by atoms with Gasteiger partial charge in [-0.3, -0.25) is 0 Å². The summed E-state index contributed by atoms with van der Waals surface area (Å²) < 4.78 is 0. The Morgan fingerprint density at radius 3 is 2.58 bits per heavy atom. The van der Waals surface area contributed by atoms with E-state index in [0.717, 1.165) is 25.3 Å². The molecule has 26 heavy (non-hydrogen) atoms. The number of nitrogens with one attached hydrogen (secondary N) is 1. The fourth-order valence-corrected chi connectivity index (χ4v) is 3.64. The highest BCUT2D eigenvalue weighted by atomic mass is 16.2. The van der Waals surface area contributed by atoms with Crippen molar-refractivity contribution >= 4 is 17.4 Å². The van der Waals surface area contributed by atoms with Crippen molar-refractivity contribution in [2.75, 3.05) is 29.9 Å². The zero-order chi connectivity index (χ0) is 18.7. The minimum absolute atomic E-state index is 0.00570. The maximum absolute atomic E-state index is 12.8. The summed E-state index contributed by atoms with van der Waals surface area (Å²) in [6, 6.07) is 16.9. The van der Waals surface area contributed by atoms with E-state index in [2.05, 4.69) is 68.2 Å². The van der Waals surface area contributed by atoms with E-state index in [9.17, 15) is 4.79 Å². The van der Waals surface area contributed by atoms with Gasteiger partial charge in [-0.15, -0.1) is 0 Å². The number of urea groups is 1. The lowest BCUT2D eigenvalue weighted by atomic mass is 10.0. The summed E-state index contributed by atoms with van der Waals surface area (Å²) in [7, 11) is 0. The van der Waals surface area contributed by atoms with Crippen LogP contribution in [-0.4, -0.2) is 36.6 Å². The van der Waals surface area contributed by atoms with Crippen LogP contribution in [0.4, 0.5) is 16.2 Å². The largest absolute Gasteiger partial charge is 0.365 e. The highest BCUT2D eigenvalue weighted by Crippen LogP contribution is 2.25. The van der Waals surface area contributed by atoms with Gasteiger partial charge in [0.15, 0.2) is 0 Å². The van der Waals surface area contributed by atoms with E-state index in [-0.39, 0.29) is 12.1 Å². The molecule has 2 aromatic rings. The van der Waals surface area contributed by atoms with Crippen LogP contribution < -0.4 is 10.2 Å². The van der Waals surface area contributed by atoms with Crippen LogP contribution in [0.3, 0.4) is 0 Å². The topological polar surface area (TPSA) is 35.6 Å². The van der Waals surface area contributed by atoms with Gasteiger partial charge in [0.05, 0.1) is 0 Å². The Labute approximate surface area is 156 Å². The third-order valence-corrected chi connectivity index (χ3v) is 5.07. The highest BCUT2D eigenvalue weighted by Gasteiger charge is 2.27. The number of carbonyl (C=O) groups is 1. The number of carbonyl (C=O) groups excluding carboxylic acids is 1. The summed E-state index contributed by atoms with van der Waals surface area (Å²) in [4.78, 5) is 17.1. The smallest absolute Gasteiger partial charge is 0.321 e. The molecule has 1 saturated heterocycles. The molecule has 1 fully saturated rings. The van der Waals surface area contributed by atoms with Crippen molar-refractivity contribution in [3.8, 4) is 0 Å².